The summed E-state index contributed by atoms with van der Waals surface area (Å²) in [6, 6.07) is 1.77. The Morgan fingerprint density at radius 1 is 1.22 bits per heavy atom. The van der Waals surface area contributed by atoms with Gasteiger partial charge >= 0.3 is 12.1 Å². The molecule has 1 saturated heterocycles. The molecule has 1 fully saturated rings. The molecule has 0 aliphatic carbocycles. The summed E-state index contributed by atoms with van der Waals surface area (Å²) in [5.74, 6) is -0.243. The van der Waals surface area contributed by atoms with Gasteiger partial charge < -0.3 is 19.6 Å². The number of hydrogen-bond acceptors (Lipinski definition) is 5. The molecule has 23 heavy (non-hydrogen) atoms. The van der Waals surface area contributed by atoms with Gasteiger partial charge in [-0.05, 0) is 39.3 Å². The van der Waals surface area contributed by atoms with Gasteiger partial charge in [-0.3, -0.25) is 0 Å². The SMILES string of the molecule is Cc1cc(N2CCN(C(=O)OC(C)(C)C)CC2)ncc1C(=O)O. The van der Waals surface area contributed by atoms with Crippen LogP contribution in [0.1, 0.15) is 36.7 Å². The normalized spacial score (nSPS) is 15.5. The van der Waals surface area contributed by atoms with Crippen LogP contribution in [0.2, 0.25) is 0 Å². The Labute approximate surface area is 135 Å². The van der Waals surface area contributed by atoms with Crippen molar-refractivity contribution in [2.24, 2.45) is 0 Å². The zero-order valence-electron chi connectivity index (χ0n) is 14.0. The molecule has 0 radical (unpaired) electrons. The number of carbonyl (C=O) groups excluding carboxylic acids is 1. The lowest BCUT2D eigenvalue weighted by atomic mass is 10.1. The van der Waals surface area contributed by atoms with Crippen LogP contribution in [0, 0.1) is 6.92 Å². The standard InChI is InChI=1S/C16H23N3O4/c1-11-9-13(17-10-12(11)14(20)21)18-5-7-19(8-6-18)15(22)23-16(2,3)4/h9-10H,5-8H2,1-4H3,(H,20,21). The molecule has 0 aromatic carbocycles. The van der Waals surface area contributed by atoms with Crippen LogP contribution in [0.4, 0.5) is 10.6 Å². The molecule has 1 aromatic rings. The van der Waals surface area contributed by atoms with E-state index in [4.69, 9.17) is 9.84 Å². The number of carboxylic acids is 1. The lowest BCUT2D eigenvalue weighted by Gasteiger charge is -2.36. The number of carboxylic acid groups (broad SMARTS) is 1. The summed E-state index contributed by atoms with van der Waals surface area (Å²) in [4.78, 5) is 31.0. The van der Waals surface area contributed by atoms with Gasteiger partial charge in [-0.15, -0.1) is 0 Å². The molecular weight excluding hydrogens is 298 g/mol. The molecule has 7 nitrogen and oxygen atoms in total. The molecule has 2 rings (SSSR count). The highest BCUT2D eigenvalue weighted by molar-refractivity contribution is 5.89. The Hall–Kier alpha value is -2.31. The molecule has 1 amide bonds. The lowest BCUT2D eigenvalue weighted by Crippen LogP contribution is -2.50. The molecule has 0 atom stereocenters. The first-order valence-corrected chi connectivity index (χ1v) is 7.60. The number of aromatic carboxylic acids is 1. The average Bonchev–Trinajstić information content (AvgIpc) is 2.45. The molecular formula is C16H23N3O4. The zero-order chi connectivity index (χ0) is 17.2. The van der Waals surface area contributed by atoms with E-state index in [1.165, 1.54) is 6.20 Å². The second-order valence-electron chi connectivity index (χ2n) is 6.62. The third-order valence-electron chi connectivity index (χ3n) is 3.58. The second-order valence-corrected chi connectivity index (χ2v) is 6.62. The number of hydrogen-bond donors (Lipinski definition) is 1. The van der Waals surface area contributed by atoms with Gasteiger partial charge in [-0.1, -0.05) is 0 Å². The monoisotopic (exact) mass is 321 g/mol. The topological polar surface area (TPSA) is 83.0 Å². The van der Waals surface area contributed by atoms with Crippen molar-refractivity contribution >= 4 is 17.9 Å². The second kappa shape index (κ2) is 6.44. The molecule has 2 heterocycles. The van der Waals surface area contributed by atoms with Crippen molar-refractivity contribution in [2.75, 3.05) is 31.1 Å². The number of ether oxygens (including phenoxy) is 1. The van der Waals surface area contributed by atoms with E-state index >= 15 is 0 Å². The molecule has 1 N–H and O–H groups in total. The van der Waals surface area contributed by atoms with Crippen molar-refractivity contribution in [3.05, 3.63) is 23.4 Å². The van der Waals surface area contributed by atoms with Gasteiger partial charge in [0.2, 0.25) is 0 Å². The van der Waals surface area contributed by atoms with Gasteiger partial charge in [0, 0.05) is 32.4 Å². The number of anilines is 1. The Bertz CT molecular complexity index is 602. The van der Waals surface area contributed by atoms with Gasteiger partial charge in [-0.2, -0.15) is 0 Å². The Balaban J connectivity index is 1.98. The van der Waals surface area contributed by atoms with Gasteiger partial charge in [0.05, 0.1) is 5.56 Å². The van der Waals surface area contributed by atoms with Crippen LogP contribution in [-0.2, 0) is 4.74 Å². The fourth-order valence-corrected chi connectivity index (χ4v) is 2.38. The summed E-state index contributed by atoms with van der Waals surface area (Å²) < 4.78 is 5.37. The molecule has 7 heteroatoms. The molecule has 126 valence electrons. The highest BCUT2D eigenvalue weighted by Crippen LogP contribution is 2.19. The van der Waals surface area contributed by atoms with Gasteiger partial charge in [0.15, 0.2) is 0 Å². The number of carbonyl (C=O) groups is 2. The van der Waals surface area contributed by atoms with Gasteiger partial charge in [0.1, 0.15) is 11.4 Å². The van der Waals surface area contributed by atoms with Crippen LogP contribution >= 0.6 is 0 Å². The summed E-state index contributed by atoms with van der Waals surface area (Å²) in [5.41, 5.74) is 0.387. The molecule has 0 bridgehead atoms. The van der Waals surface area contributed by atoms with E-state index in [0.717, 1.165) is 5.82 Å². The van der Waals surface area contributed by atoms with Crippen LogP contribution in [0.25, 0.3) is 0 Å². The maximum absolute atomic E-state index is 12.0. The highest BCUT2D eigenvalue weighted by atomic mass is 16.6. The predicted molar refractivity (Wildman–Crippen MR) is 86.0 cm³/mol. The first-order chi connectivity index (χ1) is 10.7. The number of nitrogens with zero attached hydrogens (tertiary/aromatic N) is 3. The van der Waals surface area contributed by atoms with Gasteiger partial charge in [0.25, 0.3) is 0 Å². The average molecular weight is 321 g/mol. The number of pyridine rings is 1. The summed E-state index contributed by atoms with van der Waals surface area (Å²) in [7, 11) is 0. The first-order valence-electron chi connectivity index (χ1n) is 7.60. The lowest BCUT2D eigenvalue weighted by molar-refractivity contribution is 0.0240. The van der Waals surface area contributed by atoms with Crippen LogP contribution in [0.3, 0.4) is 0 Å². The van der Waals surface area contributed by atoms with Crippen LogP contribution in [-0.4, -0.2) is 58.8 Å². The van der Waals surface area contributed by atoms with Crippen molar-refractivity contribution in [3.8, 4) is 0 Å². The number of amides is 1. The third-order valence-corrected chi connectivity index (χ3v) is 3.58. The first kappa shape index (κ1) is 17.1. The fourth-order valence-electron chi connectivity index (χ4n) is 2.38. The Morgan fingerprint density at radius 3 is 2.30 bits per heavy atom. The molecule has 1 aliphatic rings. The molecule has 0 spiro atoms. The van der Waals surface area contributed by atoms with Crippen molar-refractivity contribution in [2.45, 2.75) is 33.3 Å². The smallest absolute Gasteiger partial charge is 0.410 e. The van der Waals surface area contributed by atoms with Crippen molar-refractivity contribution in [1.82, 2.24) is 9.88 Å². The quantitative estimate of drug-likeness (QED) is 0.898. The molecule has 0 saturated carbocycles. The van der Waals surface area contributed by atoms with Crippen LogP contribution in [0.15, 0.2) is 12.3 Å². The van der Waals surface area contributed by atoms with E-state index in [1.807, 2.05) is 25.7 Å². The largest absolute Gasteiger partial charge is 0.478 e. The fraction of sp³-hybridized carbons (Fsp3) is 0.562. The minimum absolute atomic E-state index is 0.209. The highest BCUT2D eigenvalue weighted by Gasteiger charge is 2.26. The van der Waals surface area contributed by atoms with Crippen LogP contribution < -0.4 is 4.90 Å². The summed E-state index contributed by atoms with van der Waals surface area (Å²) in [6.45, 7) is 9.67. The van der Waals surface area contributed by atoms with Crippen LogP contribution in [0.5, 0.6) is 0 Å². The van der Waals surface area contributed by atoms with Crippen molar-refractivity contribution < 1.29 is 19.4 Å². The number of aromatic nitrogens is 1. The zero-order valence-corrected chi connectivity index (χ0v) is 14.0. The van der Waals surface area contributed by atoms with E-state index in [1.54, 1.807) is 17.9 Å². The molecule has 0 unspecified atom stereocenters. The molecule has 1 aromatic heterocycles. The predicted octanol–water partition coefficient (Wildman–Crippen LogP) is 2.15. The maximum Gasteiger partial charge on any atom is 0.410 e. The van der Waals surface area contributed by atoms with E-state index in [9.17, 15) is 9.59 Å². The van der Waals surface area contributed by atoms with E-state index in [0.29, 0.717) is 31.7 Å². The Morgan fingerprint density at radius 2 is 1.83 bits per heavy atom. The van der Waals surface area contributed by atoms with Crippen molar-refractivity contribution in [3.63, 3.8) is 0 Å². The van der Waals surface area contributed by atoms with E-state index in [2.05, 4.69) is 4.98 Å². The molecule has 1 aliphatic heterocycles. The maximum atomic E-state index is 12.0. The number of aryl methyl sites for hydroxylation is 1. The summed E-state index contributed by atoms with van der Waals surface area (Å²) >= 11 is 0. The number of rotatable bonds is 2. The number of piperazine rings is 1. The van der Waals surface area contributed by atoms with Gasteiger partial charge in [-0.25, -0.2) is 14.6 Å². The van der Waals surface area contributed by atoms with E-state index < -0.39 is 11.6 Å². The Kier molecular flexibility index (Phi) is 4.77. The summed E-state index contributed by atoms with van der Waals surface area (Å²) in [6.07, 6.45) is 1.08. The summed E-state index contributed by atoms with van der Waals surface area (Å²) in [5, 5.41) is 9.04. The minimum Gasteiger partial charge on any atom is -0.478 e. The minimum atomic E-state index is -0.976. The third kappa shape index (κ3) is 4.34. The van der Waals surface area contributed by atoms with E-state index in [-0.39, 0.29) is 11.7 Å². The van der Waals surface area contributed by atoms with Crippen molar-refractivity contribution in [1.29, 1.82) is 0 Å².